The number of hydrogen-bond acceptors (Lipinski definition) is 4. The molecule has 0 radical (unpaired) electrons. The van der Waals surface area contributed by atoms with Gasteiger partial charge < -0.3 is 10.4 Å². The van der Waals surface area contributed by atoms with Crippen molar-refractivity contribution in [1.29, 1.82) is 0 Å². The molecule has 1 amide bonds. The molecule has 0 aliphatic carbocycles. The first kappa shape index (κ1) is 12.6. The fourth-order valence-electron chi connectivity index (χ4n) is 0.669. The third-order valence-corrected chi connectivity index (χ3v) is 3.34. The molecule has 4 nitrogen and oxygen atoms in total. The predicted molar refractivity (Wildman–Crippen MR) is 56.1 cm³/mol. The summed E-state index contributed by atoms with van der Waals surface area (Å²) in [5.41, 5.74) is 0. The Morgan fingerprint density at radius 3 is 2.54 bits per heavy atom. The number of carbonyl (C=O) groups is 2. The first-order chi connectivity index (χ1) is 6.07. The lowest BCUT2D eigenvalue weighted by molar-refractivity contribution is -0.140. The molecule has 0 aromatic carbocycles. The molecule has 0 aromatic rings. The van der Waals surface area contributed by atoms with Gasteiger partial charge in [0.05, 0.1) is 0 Å². The van der Waals surface area contributed by atoms with Gasteiger partial charge in [-0.2, -0.15) is 11.8 Å². The van der Waals surface area contributed by atoms with E-state index in [4.69, 9.17) is 5.11 Å². The van der Waals surface area contributed by atoms with E-state index in [2.05, 4.69) is 5.32 Å². The van der Waals surface area contributed by atoms with Crippen LogP contribution in [0.3, 0.4) is 0 Å². The molecule has 13 heavy (non-hydrogen) atoms. The first-order valence-corrected chi connectivity index (χ1v) is 6.19. The Kier molecular flexibility index (Phi) is 6.89. The number of amides is 1. The molecule has 0 fully saturated rings. The van der Waals surface area contributed by atoms with Crippen LogP contribution in [0.4, 0.5) is 0 Å². The molecule has 0 saturated carbocycles. The van der Waals surface area contributed by atoms with Gasteiger partial charge in [-0.3, -0.25) is 4.79 Å². The Morgan fingerprint density at radius 1 is 1.54 bits per heavy atom. The van der Waals surface area contributed by atoms with Crippen LogP contribution in [0.1, 0.15) is 6.92 Å². The van der Waals surface area contributed by atoms with Crippen LogP contribution in [0.15, 0.2) is 0 Å². The van der Waals surface area contributed by atoms with Crippen LogP contribution in [-0.2, 0) is 9.59 Å². The SMILES string of the molecule is CSCSC[C@H](NC(C)=O)C(=O)O. The minimum absolute atomic E-state index is 0.308. The van der Waals surface area contributed by atoms with Gasteiger partial charge >= 0.3 is 5.97 Å². The van der Waals surface area contributed by atoms with E-state index in [1.807, 2.05) is 6.26 Å². The fraction of sp³-hybridized carbons (Fsp3) is 0.714. The summed E-state index contributed by atoms with van der Waals surface area (Å²) in [6.45, 7) is 1.31. The Bertz CT molecular complexity index is 187. The lowest BCUT2D eigenvalue weighted by Crippen LogP contribution is -2.41. The van der Waals surface area contributed by atoms with Gasteiger partial charge in [0.1, 0.15) is 6.04 Å². The van der Waals surface area contributed by atoms with Crippen molar-refractivity contribution in [3.05, 3.63) is 0 Å². The van der Waals surface area contributed by atoms with E-state index in [1.54, 1.807) is 11.8 Å². The van der Waals surface area contributed by atoms with Crippen molar-refractivity contribution in [2.75, 3.05) is 17.1 Å². The summed E-state index contributed by atoms with van der Waals surface area (Å²) in [5.74, 6) is -0.878. The average Bonchev–Trinajstić information content (AvgIpc) is 2.02. The highest BCUT2D eigenvalue weighted by Crippen LogP contribution is 2.09. The van der Waals surface area contributed by atoms with Crippen LogP contribution in [0, 0.1) is 0 Å². The van der Waals surface area contributed by atoms with Crippen molar-refractivity contribution in [3.8, 4) is 0 Å². The molecule has 1 atom stereocenters. The standard InChI is InChI=1S/C7H13NO3S2/c1-5(9)8-6(7(10)11)3-13-4-12-2/h6H,3-4H2,1-2H3,(H,8,9)(H,10,11)/t6-/m0/s1. The number of rotatable bonds is 6. The smallest absolute Gasteiger partial charge is 0.327 e. The highest BCUT2D eigenvalue weighted by molar-refractivity contribution is 8.15. The van der Waals surface area contributed by atoms with Crippen LogP contribution in [0.5, 0.6) is 0 Å². The van der Waals surface area contributed by atoms with Gasteiger partial charge in [0.2, 0.25) is 5.91 Å². The van der Waals surface area contributed by atoms with Gasteiger partial charge in [-0.05, 0) is 6.26 Å². The van der Waals surface area contributed by atoms with E-state index in [1.165, 1.54) is 18.7 Å². The zero-order valence-electron chi connectivity index (χ0n) is 7.57. The lowest BCUT2D eigenvalue weighted by Gasteiger charge is -2.11. The van der Waals surface area contributed by atoms with E-state index in [0.29, 0.717) is 5.75 Å². The minimum atomic E-state index is -0.983. The largest absolute Gasteiger partial charge is 0.480 e. The Balaban J connectivity index is 3.81. The normalized spacial score (nSPS) is 12.2. The monoisotopic (exact) mass is 223 g/mol. The molecule has 2 N–H and O–H groups in total. The van der Waals surface area contributed by atoms with Crippen molar-refractivity contribution in [2.45, 2.75) is 13.0 Å². The van der Waals surface area contributed by atoms with Crippen LogP contribution in [0.25, 0.3) is 0 Å². The Morgan fingerprint density at radius 2 is 2.15 bits per heavy atom. The number of carboxylic acids is 1. The molecule has 76 valence electrons. The van der Waals surface area contributed by atoms with E-state index in [-0.39, 0.29) is 5.91 Å². The molecule has 0 rings (SSSR count). The maximum atomic E-state index is 10.6. The summed E-state index contributed by atoms with van der Waals surface area (Å²) >= 11 is 3.13. The maximum Gasteiger partial charge on any atom is 0.327 e. The molecular weight excluding hydrogens is 210 g/mol. The Labute approximate surface area is 85.8 Å². The lowest BCUT2D eigenvalue weighted by atomic mass is 10.3. The highest BCUT2D eigenvalue weighted by Gasteiger charge is 2.17. The number of carboxylic acid groups (broad SMARTS) is 1. The zero-order chi connectivity index (χ0) is 10.3. The van der Waals surface area contributed by atoms with Crippen LogP contribution >= 0.6 is 23.5 Å². The molecular formula is C7H13NO3S2. The van der Waals surface area contributed by atoms with Gasteiger partial charge in [0.15, 0.2) is 0 Å². The minimum Gasteiger partial charge on any atom is -0.480 e. The molecule has 0 aliphatic heterocycles. The van der Waals surface area contributed by atoms with Crippen molar-refractivity contribution in [3.63, 3.8) is 0 Å². The quantitative estimate of drug-likeness (QED) is 0.510. The maximum absolute atomic E-state index is 10.6. The van der Waals surface area contributed by atoms with Gasteiger partial charge in [-0.25, -0.2) is 4.79 Å². The third-order valence-electron chi connectivity index (χ3n) is 1.16. The van der Waals surface area contributed by atoms with Crippen molar-refractivity contribution < 1.29 is 14.7 Å². The third kappa shape index (κ3) is 6.77. The molecule has 0 bridgehead atoms. The van der Waals surface area contributed by atoms with Gasteiger partial charge in [-0.15, -0.1) is 11.8 Å². The van der Waals surface area contributed by atoms with Crippen LogP contribution in [0.2, 0.25) is 0 Å². The molecule has 0 aliphatic rings. The summed E-state index contributed by atoms with van der Waals surface area (Å²) in [6, 6.07) is -0.769. The van der Waals surface area contributed by atoms with Gasteiger partial charge in [0, 0.05) is 17.8 Å². The second kappa shape index (κ2) is 7.08. The van der Waals surface area contributed by atoms with Crippen molar-refractivity contribution in [1.82, 2.24) is 5.32 Å². The average molecular weight is 223 g/mol. The van der Waals surface area contributed by atoms with E-state index in [0.717, 1.165) is 5.08 Å². The van der Waals surface area contributed by atoms with Gasteiger partial charge in [-0.1, -0.05) is 0 Å². The number of thioether (sulfide) groups is 2. The van der Waals surface area contributed by atoms with Crippen molar-refractivity contribution in [2.24, 2.45) is 0 Å². The second-order valence-electron chi connectivity index (χ2n) is 2.37. The number of hydrogen-bond donors (Lipinski definition) is 2. The number of aliphatic carboxylic acids is 1. The summed E-state index contributed by atoms with van der Waals surface area (Å²) in [6.07, 6.45) is 1.95. The van der Waals surface area contributed by atoms with Gasteiger partial charge in [0.25, 0.3) is 0 Å². The molecule has 0 aromatic heterocycles. The van der Waals surface area contributed by atoms with E-state index in [9.17, 15) is 9.59 Å². The molecule has 0 heterocycles. The van der Waals surface area contributed by atoms with E-state index >= 15 is 0 Å². The number of carbonyl (C=O) groups excluding carboxylic acids is 1. The molecule has 0 saturated heterocycles. The zero-order valence-corrected chi connectivity index (χ0v) is 9.20. The van der Waals surface area contributed by atoms with E-state index < -0.39 is 12.0 Å². The highest BCUT2D eigenvalue weighted by atomic mass is 32.2. The summed E-state index contributed by atoms with van der Waals surface area (Å²) in [4.78, 5) is 21.2. The number of nitrogens with one attached hydrogen (secondary N) is 1. The Hall–Kier alpha value is -0.360. The van der Waals surface area contributed by atoms with Crippen LogP contribution < -0.4 is 5.32 Å². The fourth-order valence-corrected chi connectivity index (χ4v) is 2.18. The topological polar surface area (TPSA) is 66.4 Å². The summed E-state index contributed by atoms with van der Waals surface area (Å²) in [5, 5.41) is 11.9. The summed E-state index contributed by atoms with van der Waals surface area (Å²) in [7, 11) is 0. The predicted octanol–water partition coefficient (Wildman–Crippen LogP) is 0.629. The second-order valence-corrected chi connectivity index (χ2v) is 4.63. The molecule has 6 heteroatoms. The molecule has 0 unspecified atom stereocenters. The van der Waals surface area contributed by atoms with Crippen LogP contribution in [-0.4, -0.2) is 40.1 Å². The molecule has 0 spiro atoms. The first-order valence-electron chi connectivity index (χ1n) is 3.64. The van der Waals surface area contributed by atoms with Crippen molar-refractivity contribution >= 4 is 35.4 Å². The summed E-state index contributed by atoms with van der Waals surface area (Å²) < 4.78 is 0.